The van der Waals surface area contributed by atoms with E-state index in [9.17, 15) is 28.6 Å². The van der Waals surface area contributed by atoms with E-state index in [1.54, 1.807) is 25.3 Å². The molecule has 3 aromatic rings. The second kappa shape index (κ2) is 14.5. The van der Waals surface area contributed by atoms with Crippen LogP contribution in [0.25, 0.3) is 11.8 Å². The average Bonchev–Trinajstić information content (AvgIpc) is 3.23. The van der Waals surface area contributed by atoms with Crippen molar-refractivity contribution in [2.24, 2.45) is 0 Å². The van der Waals surface area contributed by atoms with Gasteiger partial charge in [-0.25, -0.2) is 13.5 Å². The van der Waals surface area contributed by atoms with Crippen LogP contribution in [0, 0.1) is 11.6 Å². The summed E-state index contributed by atoms with van der Waals surface area (Å²) in [5.74, 6) is -2.57. The second-order valence-electron chi connectivity index (χ2n) is 9.39. The molecule has 8 nitrogen and oxygen atoms in total. The van der Waals surface area contributed by atoms with Crippen LogP contribution in [0.3, 0.4) is 0 Å². The van der Waals surface area contributed by atoms with Gasteiger partial charge < -0.3 is 21.6 Å². The van der Waals surface area contributed by atoms with Crippen LogP contribution in [0.2, 0.25) is 0 Å². The van der Waals surface area contributed by atoms with E-state index < -0.39 is 30.4 Å². The van der Waals surface area contributed by atoms with Gasteiger partial charge in [0.1, 0.15) is 11.6 Å². The molecule has 2 aromatic carbocycles. The van der Waals surface area contributed by atoms with Crippen molar-refractivity contribution in [1.29, 1.82) is 0 Å². The quantitative estimate of drug-likeness (QED) is 0.309. The molecule has 39 heavy (non-hydrogen) atoms. The molecule has 0 unspecified atom stereocenters. The third kappa shape index (κ3) is 8.81. The molecule has 0 saturated carbocycles. The number of hydrogen-bond acceptors (Lipinski definition) is 5. The maximum Gasteiger partial charge on any atom is 1.00 e. The fourth-order valence-electron chi connectivity index (χ4n) is 4.07. The largest absolute Gasteiger partial charge is 1.00 e. The zero-order chi connectivity index (χ0) is 28.0. The van der Waals surface area contributed by atoms with E-state index in [4.69, 9.17) is 5.11 Å². The number of aliphatic hydroxyl groups is 2. The normalized spacial score (nSPS) is 12.8. The molecule has 204 valence electrons. The van der Waals surface area contributed by atoms with E-state index in [0.29, 0.717) is 16.9 Å². The van der Waals surface area contributed by atoms with E-state index in [-0.39, 0.29) is 67.3 Å². The van der Waals surface area contributed by atoms with Crippen molar-refractivity contribution in [3.05, 3.63) is 88.8 Å². The Morgan fingerprint density at radius 2 is 1.62 bits per heavy atom. The van der Waals surface area contributed by atoms with Crippen LogP contribution in [0.5, 0.6) is 0 Å². The number of carboxylic acids is 1. The Bertz CT molecular complexity index is 1300. The van der Waals surface area contributed by atoms with Crippen molar-refractivity contribution >= 4 is 18.0 Å². The van der Waals surface area contributed by atoms with Gasteiger partial charge >= 0.3 is 35.5 Å². The number of benzene rings is 2. The molecule has 1 heterocycles. The molecular formula is C28H32F2N3NaO5. The minimum atomic E-state index is -1.24. The first kappa shape index (κ1) is 32.3. The molecule has 0 spiro atoms. The number of nitrogens with zero attached hydrogens (tertiary/aromatic N) is 3. The fraction of sp³-hybridized carbons (Fsp3) is 0.321. The molecule has 2 atom stereocenters. The van der Waals surface area contributed by atoms with E-state index in [1.165, 1.54) is 52.1 Å². The monoisotopic (exact) mass is 551 g/mol. The first-order valence-electron chi connectivity index (χ1n) is 12.1. The number of halogens is 2. The average molecular weight is 552 g/mol. The minimum absolute atomic E-state index is 0. The Morgan fingerprint density at radius 1 is 1.05 bits per heavy atom. The van der Waals surface area contributed by atoms with Crippen molar-refractivity contribution in [2.75, 3.05) is 7.05 Å². The van der Waals surface area contributed by atoms with Crippen molar-refractivity contribution in [2.45, 2.75) is 51.4 Å². The van der Waals surface area contributed by atoms with Gasteiger partial charge in [0.15, 0.2) is 5.69 Å². The van der Waals surface area contributed by atoms with Gasteiger partial charge in [0.25, 0.3) is 5.91 Å². The number of aliphatic hydroxyl groups excluding tert-OH is 2. The number of hydrogen-bond donors (Lipinski definition) is 3. The van der Waals surface area contributed by atoms with Gasteiger partial charge in [-0.15, -0.1) is 0 Å². The van der Waals surface area contributed by atoms with Crippen molar-refractivity contribution in [3.63, 3.8) is 0 Å². The molecule has 0 aliphatic heterocycles. The number of carbonyl (C=O) groups excluding carboxylic acids is 1. The molecule has 3 N–H and O–H groups in total. The topological polar surface area (TPSA) is 116 Å². The summed E-state index contributed by atoms with van der Waals surface area (Å²) in [5.41, 5.74) is 2.42. The number of carboxylic acid groups (broad SMARTS) is 1. The van der Waals surface area contributed by atoms with Gasteiger partial charge in [0.05, 0.1) is 30.0 Å². The van der Waals surface area contributed by atoms with E-state index >= 15 is 0 Å². The SMILES string of the molecule is CC(C)c1c(C(=O)N(C)Cc2ccc(F)cc2)nn(-c2ccc(F)cc2)c1C=C[C@H](O)C[C@@H](O)CC(=O)O.[H-].[Na+]. The molecule has 1 amide bonds. The third-order valence-electron chi connectivity index (χ3n) is 5.89. The molecule has 0 fully saturated rings. The number of rotatable bonds is 11. The number of amides is 1. The van der Waals surface area contributed by atoms with Crippen LogP contribution in [0.15, 0.2) is 54.6 Å². The zero-order valence-electron chi connectivity index (χ0n) is 23.4. The van der Waals surface area contributed by atoms with Crippen LogP contribution in [0.1, 0.15) is 61.3 Å². The first-order chi connectivity index (χ1) is 18.0. The summed E-state index contributed by atoms with van der Waals surface area (Å²) in [4.78, 5) is 25.8. The fourth-order valence-corrected chi connectivity index (χ4v) is 4.07. The van der Waals surface area contributed by atoms with Crippen molar-refractivity contribution in [1.82, 2.24) is 14.7 Å². The summed E-state index contributed by atoms with van der Waals surface area (Å²) in [7, 11) is 1.61. The summed E-state index contributed by atoms with van der Waals surface area (Å²) in [6.07, 6.45) is -0.159. The summed E-state index contributed by atoms with van der Waals surface area (Å²) < 4.78 is 28.4. The summed E-state index contributed by atoms with van der Waals surface area (Å²) in [6, 6.07) is 11.4. The van der Waals surface area contributed by atoms with Crippen LogP contribution in [0.4, 0.5) is 8.78 Å². The van der Waals surface area contributed by atoms with Gasteiger partial charge in [0, 0.05) is 25.6 Å². The molecule has 0 aliphatic carbocycles. The number of carbonyl (C=O) groups is 2. The molecule has 0 saturated heterocycles. The summed E-state index contributed by atoms with van der Waals surface area (Å²) in [5, 5.41) is 33.7. The van der Waals surface area contributed by atoms with Crippen LogP contribution < -0.4 is 29.6 Å². The third-order valence-corrected chi connectivity index (χ3v) is 5.89. The van der Waals surface area contributed by atoms with Gasteiger partial charge in [-0.2, -0.15) is 5.10 Å². The predicted molar refractivity (Wildman–Crippen MR) is 139 cm³/mol. The minimum Gasteiger partial charge on any atom is -1.00 e. The Hall–Kier alpha value is -2.89. The second-order valence-corrected chi connectivity index (χ2v) is 9.39. The van der Waals surface area contributed by atoms with Crippen molar-refractivity contribution in [3.8, 4) is 5.69 Å². The maximum absolute atomic E-state index is 13.6. The Balaban J connectivity index is 0.00000400. The molecule has 1 aromatic heterocycles. The van der Waals surface area contributed by atoms with Crippen LogP contribution >= 0.6 is 0 Å². The van der Waals surface area contributed by atoms with E-state index in [1.807, 2.05) is 13.8 Å². The van der Waals surface area contributed by atoms with Gasteiger partial charge in [-0.05, 0) is 54.0 Å². The van der Waals surface area contributed by atoms with Gasteiger partial charge in [-0.3, -0.25) is 9.59 Å². The standard InChI is InChI=1S/C28H31F2N3O5.Na.H/c1-17(2)26-24(13-12-22(34)14-23(35)15-25(36)37)33(21-10-8-20(30)9-11-21)31-27(26)28(38)32(3)16-18-4-6-19(29)7-5-18;;/h4-13,17,22-23,34-35H,14-16H2,1-3H3,(H,36,37);;/q;+1;-1/t22-,23+;;/m0../s1. The Kier molecular flexibility index (Phi) is 12.0. The number of aromatic nitrogens is 2. The molecule has 0 aliphatic rings. The van der Waals surface area contributed by atoms with Crippen LogP contribution in [-0.4, -0.2) is 61.1 Å². The Morgan fingerprint density at radius 3 is 2.15 bits per heavy atom. The van der Waals surface area contributed by atoms with Gasteiger partial charge in [0.2, 0.25) is 0 Å². The Labute approximate surface area is 249 Å². The molecule has 0 radical (unpaired) electrons. The molecular weight excluding hydrogens is 519 g/mol. The molecule has 3 rings (SSSR count). The smallest absolute Gasteiger partial charge is 1.00 e. The van der Waals surface area contributed by atoms with Gasteiger partial charge in [-0.1, -0.05) is 32.1 Å². The number of aliphatic carboxylic acids is 1. The zero-order valence-corrected chi connectivity index (χ0v) is 24.4. The van der Waals surface area contributed by atoms with Crippen LogP contribution in [-0.2, 0) is 11.3 Å². The molecule has 0 bridgehead atoms. The maximum atomic E-state index is 13.6. The summed E-state index contributed by atoms with van der Waals surface area (Å²) in [6.45, 7) is 3.98. The predicted octanol–water partition coefficient (Wildman–Crippen LogP) is 1.26. The summed E-state index contributed by atoms with van der Waals surface area (Å²) >= 11 is 0. The first-order valence-corrected chi connectivity index (χ1v) is 12.1. The van der Waals surface area contributed by atoms with E-state index in [0.717, 1.165) is 5.56 Å². The van der Waals surface area contributed by atoms with E-state index in [2.05, 4.69) is 5.10 Å². The van der Waals surface area contributed by atoms with Crippen molar-refractivity contribution < 1.29 is 64.7 Å². The molecule has 11 heteroatoms.